The molecule has 2 aromatic rings. The molecule has 0 amide bonds. The standard InChI is InChI=1S/C14H15FN2O3S/c1-17(2)7-8-21-14-16-11(13(18)19)12(20-14)9-3-5-10(15)6-4-9/h3-6H,7-8H2,1-2H3,(H,18,19). The molecule has 0 fully saturated rings. The summed E-state index contributed by atoms with van der Waals surface area (Å²) in [6.45, 7) is 0.821. The van der Waals surface area contributed by atoms with Crippen LogP contribution in [0.2, 0.25) is 0 Å². The third kappa shape index (κ3) is 4.05. The zero-order chi connectivity index (χ0) is 15.4. The topological polar surface area (TPSA) is 66.6 Å². The number of aromatic nitrogens is 1. The van der Waals surface area contributed by atoms with Gasteiger partial charge in [-0.2, -0.15) is 4.98 Å². The highest BCUT2D eigenvalue weighted by molar-refractivity contribution is 7.99. The van der Waals surface area contributed by atoms with Crippen molar-refractivity contribution in [3.63, 3.8) is 0 Å². The minimum absolute atomic E-state index is 0.148. The number of halogens is 1. The largest absolute Gasteiger partial charge is 0.476 e. The highest BCUT2D eigenvalue weighted by Crippen LogP contribution is 2.29. The lowest BCUT2D eigenvalue weighted by molar-refractivity contribution is 0.0691. The molecule has 0 saturated carbocycles. The predicted octanol–water partition coefficient (Wildman–Crippen LogP) is 2.83. The SMILES string of the molecule is CN(C)CCSc1nc(C(=O)O)c(-c2ccc(F)cc2)o1. The fourth-order valence-corrected chi connectivity index (χ4v) is 2.55. The Hall–Kier alpha value is -1.86. The Morgan fingerprint density at radius 1 is 1.38 bits per heavy atom. The Bertz CT molecular complexity index is 626. The van der Waals surface area contributed by atoms with Gasteiger partial charge in [0.25, 0.3) is 5.22 Å². The van der Waals surface area contributed by atoms with Crippen molar-refractivity contribution in [2.45, 2.75) is 5.22 Å². The molecule has 7 heteroatoms. The minimum Gasteiger partial charge on any atom is -0.476 e. The Labute approximate surface area is 125 Å². The van der Waals surface area contributed by atoms with Gasteiger partial charge in [0.1, 0.15) is 5.82 Å². The van der Waals surface area contributed by atoms with E-state index in [1.165, 1.54) is 36.0 Å². The molecule has 0 aliphatic rings. The van der Waals surface area contributed by atoms with Crippen LogP contribution in [0.4, 0.5) is 4.39 Å². The predicted molar refractivity (Wildman–Crippen MR) is 78.1 cm³/mol. The van der Waals surface area contributed by atoms with Crippen molar-refractivity contribution in [1.82, 2.24) is 9.88 Å². The maximum absolute atomic E-state index is 12.9. The second-order valence-electron chi connectivity index (χ2n) is 4.62. The Morgan fingerprint density at radius 3 is 2.62 bits per heavy atom. The van der Waals surface area contributed by atoms with Gasteiger partial charge < -0.3 is 14.4 Å². The first kappa shape index (κ1) is 15.5. The van der Waals surface area contributed by atoms with E-state index in [-0.39, 0.29) is 11.5 Å². The quantitative estimate of drug-likeness (QED) is 0.828. The maximum atomic E-state index is 12.9. The molecule has 2 rings (SSSR count). The Morgan fingerprint density at radius 2 is 2.05 bits per heavy atom. The Kier molecular flexibility index (Phi) is 4.98. The van der Waals surface area contributed by atoms with Crippen LogP contribution in [0.15, 0.2) is 33.9 Å². The molecule has 0 spiro atoms. The van der Waals surface area contributed by atoms with Crippen molar-refractivity contribution >= 4 is 17.7 Å². The first-order valence-corrected chi connectivity index (χ1v) is 7.23. The van der Waals surface area contributed by atoms with E-state index in [1.807, 2.05) is 19.0 Å². The van der Waals surface area contributed by atoms with Gasteiger partial charge in [-0.1, -0.05) is 11.8 Å². The van der Waals surface area contributed by atoms with Gasteiger partial charge >= 0.3 is 5.97 Å². The summed E-state index contributed by atoms with van der Waals surface area (Å²) in [4.78, 5) is 17.2. The summed E-state index contributed by atoms with van der Waals surface area (Å²) in [6, 6.07) is 5.44. The first-order valence-electron chi connectivity index (χ1n) is 6.25. The lowest BCUT2D eigenvalue weighted by Crippen LogP contribution is -2.14. The van der Waals surface area contributed by atoms with E-state index >= 15 is 0 Å². The van der Waals surface area contributed by atoms with Gasteiger partial charge in [0, 0.05) is 17.9 Å². The van der Waals surface area contributed by atoms with Crippen molar-refractivity contribution in [2.24, 2.45) is 0 Å². The molecule has 0 atom stereocenters. The lowest BCUT2D eigenvalue weighted by Gasteiger charge is -2.06. The van der Waals surface area contributed by atoms with E-state index in [2.05, 4.69) is 4.98 Å². The van der Waals surface area contributed by atoms with Gasteiger partial charge in [-0.25, -0.2) is 9.18 Å². The summed E-state index contributed by atoms with van der Waals surface area (Å²) in [7, 11) is 3.89. The van der Waals surface area contributed by atoms with E-state index in [9.17, 15) is 14.3 Å². The van der Waals surface area contributed by atoms with Gasteiger partial charge in [-0.3, -0.25) is 0 Å². The van der Waals surface area contributed by atoms with E-state index in [0.717, 1.165) is 12.3 Å². The van der Waals surface area contributed by atoms with E-state index < -0.39 is 11.8 Å². The number of thioether (sulfide) groups is 1. The highest BCUT2D eigenvalue weighted by Gasteiger charge is 2.21. The average molecular weight is 310 g/mol. The van der Waals surface area contributed by atoms with Crippen molar-refractivity contribution in [1.29, 1.82) is 0 Å². The third-order valence-corrected chi connectivity index (χ3v) is 3.49. The van der Waals surface area contributed by atoms with Crippen molar-refractivity contribution in [2.75, 3.05) is 26.4 Å². The van der Waals surface area contributed by atoms with Crippen LogP contribution in [0, 0.1) is 5.82 Å². The summed E-state index contributed by atoms with van der Waals surface area (Å²) in [5, 5.41) is 9.49. The van der Waals surface area contributed by atoms with Crippen LogP contribution in [0.25, 0.3) is 11.3 Å². The number of hydrogen-bond donors (Lipinski definition) is 1. The third-order valence-electron chi connectivity index (χ3n) is 2.68. The molecule has 5 nitrogen and oxygen atoms in total. The number of oxazole rings is 1. The van der Waals surface area contributed by atoms with E-state index in [1.54, 1.807) is 0 Å². The van der Waals surface area contributed by atoms with Crippen LogP contribution in [0.3, 0.4) is 0 Å². The van der Waals surface area contributed by atoms with Gasteiger partial charge in [0.15, 0.2) is 11.5 Å². The number of nitrogens with zero attached hydrogens (tertiary/aromatic N) is 2. The summed E-state index contributed by atoms with van der Waals surface area (Å²) >= 11 is 1.34. The number of hydrogen-bond acceptors (Lipinski definition) is 5. The molecule has 0 saturated heterocycles. The molecule has 21 heavy (non-hydrogen) atoms. The van der Waals surface area contributed by atoms with Crippen LogP contribution in [-0.4, -0.2) is 47.4 Å². The monoisotopic (exact) mass is 310 g/mol. The van der Waals surface area contributed by atoms with Gasteiger partial charge in [0.2, 0.25) is 0 Å². The van der Waals surface area contributed by atoms with Crippen LogP contribution >= 0.6 is 11.8 Å². The van der Waals surface area contributed by atoms with Crippen molar-refractivity contribution < 1.29 is 18.7 Å². The molecule has 1 N–H and O–H groups in total. The molecule has 1 aromatic carbocycles. The molecular weight excluding hydrogens is 295 g/mol. The molecule has 0 unspecified atom stereocenters. The molecule has 112 valence electrons. The Balaban J connectivity index is 2.25. The van der Waals surface area contributed by atoms with Crippen molar-refractivity contribution in [3.05, 3.63) is 35.8 Å². The zero-order valence-corrected chi connectivity index (χ0v) is 12.5. The second kappa shape index (κ2) is 6.73. The molecule has 0 bridgehead atoms. The molecule has 0 aliphatic carbocycles. The fourth-order valence-electron chi connectivity index (χ4n) is 1.62. The average Bonchev–Trinajstić information content (AvgIpc) is 2.83. The highest BCUT2D eigenvalue weighted by atomic mass is 32.2. The molecule has 1 heterocycles. The first-order chi connectivity index (χ1) is 9.97. The van der Waals surface area contributed by atoms with Crippen LogP contribution in [-0.2, 0) is 0 Å². The molecule has 1 aromatic heterocycles. The summed E-state index contributed by atoms with van der Waals surface area (Å²) < 4.78 is 18.5. The smallest absolute Gasteiger partial charge is 0.358 e. The lowest BCUT2D eigenvalue weighted by atomic mass is 10.1. The number of carbonyl (C=O) groups is 1. The zero-order valence-electron chi connectivity index (χ0n) is 11.7. The number of carboxylic acid groups (broad SMARTS) is 1. The fraction of sp³-hybridized carbons (Fsp3) is 0.286. The number of carboxylic acids is 1. The van der Waals surface area contributed by atoms with Gasteiger partial charge in [-0.05, 0) is 38.4 Å². The minimum atomic E-state index is -1.17. The number of benzene rings is 1. The van der Waals surface area contributed by atoms with Crippen LogP contribution < -0.4 is 0 Å². The molecule has 0 aliphatic heterocycles. The molecule has 0 radical (unpaired) electrons. The van der Waals surface area contributed by atoms with Crippen molar-refractivity contribution in [3.8, 4) is 11.3 Å². The van der Waals surface area contributed by atoms with Gasteiger partial charge in [-0.15, -0.1) is 0 Å². The second-order valence-corrected chi connectivity index (χ2v) is 5.67. The number of aromatic carboxylic acids is 1. The summed E-state index contributed by atoms with van der Waals surface area (Å²) in [6.07, 6.45) is 0. The van der Waals surface area contributed by atoms with Crippen LogP contribution in [0.5, 0.6) is 0 Å². The summed E-state index contributed by atoms with van der Waals surface area (Å²) in [5.41, 5.74) is 0.328. The maximum Gasteiger partial charge on any atom is 0.358 e. The normalized spacial score (nSPS) is 11.0. The number of rotatable bonds is 6. The molecular formula is C14H15FN2O3S. The van der Waals surface area contributed by atoms with Crippen LogP contribution in [0.1, 0.15) is 10.5 Å². The van der Waals surface area contributed by atoms with E-state index in [0.29, 0.717) is 10.8 Å². The summed E-state index contributed by atoms with van der Waals surface area (Å²) in [5.74, 6) is -0.682. The van der Waals surface area contributed by atoms with E-state index in [4.69, 9.17) is 4.42 Å². The van der Waals surface area contributed by atoms with Gasteiger partial charge in [0.05, 0.1) is 0 Å².